The number of carbonyl (C=O) groups excluding carboxylic acids is 1. The number of amides is 1. The SMILES string of the molecule is CC(C)c1cnn2c(NCc3ccccc3N3CCCC3=O)nc(S(C)(=O)=O)nc12. The van der Waals surface area contributed by atoms with Crippen LogP contribution in [0.4, 0.5) is 11.6 Å². The summed E-state index contributed by atoms with van der Waals surface area (Å²) in [5.74, 6) is 0.523. The molecule has 158 valence electrons. The van der Waals surface area contributed by atoms with E-state index in [9.17, 15) is 13.2 Å². The number of fused-ring (bicyclic) bond motifs is 1. The Hall–Kier alpha value is -3.01. The van der Waals surface area contributed by atoms with Crippen LogP contribution in [0.2, 0.25) is 0 Å². The van der Waals surface area contributed by atoms with Crippen LogP contribution in [-0.4, -0.2) is 46.7 Å². The molecule has 0 saturated carbocycles. The normalized spacial score (nSPS) is 14.8. The van der Waals surface area contributed by atoms with Crippen molar-refractivity contribution in [3.05, 3.63) is 41.6 Å². The Bertz CT molecular complexity index is 1220. The predicted octanol–water partition coefficient (Wildman–Crippen LogP) is 2.39. The van der Waals surface area contributed by atoms with Crippen LogP contribution in [0.1, 0.15) is 43.7 Å². The number of rotatable bonds is 6. The molecular weight excluding hydrogens is 404 g/mol. The summed E-state index contributed by atoms with van der Waals surface area (Å²) < 4.78 is 25.8. The fourth-order valence-corrected chi connectivity index (χ4v) is 4.07. The summed E-state index contributed by atoms with van der Waals surface area (Å²) in [7, 11) is -3.60. The van der Waals surface area contributed by atoms with Gasteiger partial charge in [0.1, 0.15) is 0 Å². The highest BCUT2D eigenvalue weighted by molar-refractivity contribution is 7.90. The molecule has 0 aliphatic carbocycles. The molecule has 2 aromatic heterocycles. The van der Waals surface area contributed by atoms with Crippen molar-refractivity contribution in [2.24, 2.45) is 0 Å². The maximum Gasteiger partial charge on any atom is 0.252 e. The molecule has 1 saturated heterocycles. The number of anilines is 2. The number of aromatic nitrogens is 4. The molecule has 0 unspecified atom stereocenters. The molecule has 4 rings (SSSR count). The third-order valence-electron chi connectivity index (χ3n) is 5.12. The van der Waals surface area contributed by atoms with Gasteiger partial charge in [-0.05, 0) is 24.0 Å². The molecule has 30 heavy (non-hydrogen) atoms. The Morgan fingerprint density at radius 3 is 2.63 bits per heavy atom. The van der Waals surface area contributed by atoms with Gasteiger partial charge >= 0.3 is 0 Å². The maximum absolute atomic E-state index is 12.2. The van der Waals surface area contributed by atoms with Crippen LogP contribution in [0.15, 0.2) is 35.6 Å². The smallest absolute Gasteiger partial charge is 0.252 e. The summed E-state index contributed by atoms with van der Waals surface area (Å²) in [5.41, 5.74) is 3.07. The van der Waals surface area contributed by atoms with Crippen molar-refractivity contribution in [3.8, 4) is 0 Å². The number of benzene rings is 1. The largest absolute Gasteiger partial charge is 0.350 e. The minimum Gasteiger partial charge on any atom is -0.350 e. The summed E-state index contributed by atoms with van der Waals surface area (Å²) in [4.78, 5) is 22.4. The lowest BCUT2D eigenvalue weighted by molar-refractivity contribution is -0.117. The maximum atomic E-state index is 12.2. The van der Waals surface area contributed by atoms with E-state index in [-0.39, 0.29) is 22.9 Å². The molecule has 3 heterocycles. The van der Waals surface area contributed by atoms with E-state index in [0.717, 1.165) is 29.5 Å². The summed E-state index contributed by atoms with van der Waals surface area (Å²) >= 11 is 0. The van der Waals surface area contributed by atoms with Crippen LogP contribution in [0.3, 0.4) is 0 Å². The molecule has 1 amide bonds. The first-order valence-corrected chi connectivity index (χ1v) is 11.7. The molecule has 1 N–H and O–H groups in total. The number of para-hydroxylation sites is 1. The number of sulfone groups is 1. The van der Waals surface area contributed by atoms with Crippen molar-refractivity contribution in [3.63, 3.8) is 0 Å². The minimum absolute atomic E-state index is 0.111. The van der Waals surface area contributed by atoms with E-state index in [2.05, 4.69) is 20.4 Å². The predicted molar refractivity (Wildman–Crippen MR) is 113 cm³/mol. The van der Waals surface area contributed by atoms with Gasteiger partial charge in [0.15, 0.2) is 5.65 Å². The quantitative estimate of drug-likeness (QED) is 0.642. The fourth-order valence-electron chi connectivity index (χ4n) is 3.56. The summed E-state index contributed by atoms with van der Waals surface area (Å²) in [6.07, 6.45) is 4.17. The third-order valence-corrected chi connectivity index (χ3v) is 5.97. The van der Waals surface area contributed by atoms with Crippen molar-refractivity contribution in [1.29, 1.82) is 0 Å². The van der Waals surface area contributed by atoms with Gasteiger partial charge in [-0.15, -0.1) is 0 Å². The van der Waals surface area contributed by atoms with Crippen molar-refractivity contribution >= 4 is 33.0 Å². The van der Waals surface area contributed by atoms with Crippen LogP contribution in [0.5, 0.6) is 0 Å². The first kappa shape index (κ1) is 20.3. The zero-order valence-corrected chi connectivity index (χ0v) is 18.0. The van der Waals surface area contributed by atoms with E-state index in [1.54, 1.807) is 11.1 Å². The summed E-state index contributed by atoms with van der Waals surface area (Å²) in [6.45, 7) is 5.04. The summed E-state index contributed by atoms with van der Waals surface area (Å²) in [6, 6.07) is 7.66. The molecular formula is C20H24N6O3S. The lowest BCUT2D eigenvalue weighted by Crippen LogP contribution is -2.25. The third kappa shape index (κ3) is 3.74. The zero-order valence-electron chi connectivity index (χ0n) is 17.2. The molecule has 3 aromatic rings. The Labute approximate surface area is 175 Å². The molecule has 0 radical (unpaired) electrons. The van der Waals surface area contributed by atoms with E-state index in [4.69, 9.17) is 0 Å². The Morgan fingerprint density at radius 2 is 1.97 bits per heavy atom. The van der Waals surface area contributed by atoms with Gasteiger partial charge in [0.05, 0.1) is 6.20 Å². The summed E-state index contributed by atoms with van der Waals surface area (Å²) in [5, 5.41) is 7.30. The highest BCUT2D eigenvalue weighted by atomic mass is 32.2. The second-order valence-corrected chi connectivity index (χ2v) is 9.63. The molecule has 1 fully saturated rings. The van der Waals surface area contributed by atoms with Gasteiger partial charge in [0.2, 0.25) is 21.7 Å². The molecule has 1 aliphatic rings. The average molecular weight is 429 g/mol. The molecule has 0 atom stereocenters. The Morgan fingerprint density at radius 1 is 1.20 bits per heavy atom. The first-order valence-electron chi connectivity index (χ1n) is 9.83. The minimum atomic E-state index is -3.60. The van der Waals surface area contributed by atoms with Crippen LogP contribution >= 0.6 is 0 Å². The van der Waals surface area contributed by atoms with Gasteiger partial charge in [-0.3, -0.25) is 4.79 Å². The molecule has 0 bridgehead atoms. The van der Waals surface area contributed by atoms with Gasteiger partial charge in [-0.25, -0.2) is 8.42 Å². The highest BCUT2D eigenvalue weighted by Crippen LogP contribution is 2.27. The zero-order chi connectivity index (χ0) is 21.5. The van der Waals surface area contributed by atoms with Crippen molar-refractivity contribution < 1.29 is 13.2 Å². The fraction of sp³-hybridized carbons (Fsp3) is 0.400. The monoisotopic (exact) mass is 428 g/mol. The highest BCUT2D eigenvalue weighted by Gasteiger charge is 2.24. The lowest BCUT2D eigenvalue weighted by Gasteiger charge is -2.20. The van der Waals surface area contributed by atoms with E-state index in [1.165, 1.54) is 4.52 Å². The average Bonchev–Trinajstić information content (AvgIpc) is 3.31. The van der Waals surface area contributed by atoms with E-state index in [1.807, 2.05) is 38.1 Å². The lowest BCUT2D eigenvalue weighted by atomic mass is 10.1. The number of nitrogens with zero attached hydrogens (tertiary/aromatic N) is 5. The Kier molecular flexibility index (Phi) is 5.19. The first-order chi connectivity index (χ1) is 14.3. The number of hydrogen-bond acceptors (Lipinski definition) is 7. The molecule has 1 aromatic carbocycles. The van der Waals surface area contributed by atoms with Crippen LogP contribution < -0.4 is 10.2 Å². The van der Waals surface area contributed by atoms with Gasteiger partial charge in [-0.1, -0.05) is 32.0 Å². The van der Waals surface area contributed by atoms with E-state index in [0.29, 0.717) is 25.2 Å². The molecule has 1 aliphatic heterocycles. The van der Waals surface area contributed by atoms with Crippen molar-refractivity contribution in [2.75, 3.05) is 23.0 Å². The van der Waals surface area contributed by atoms with Gasteiger partial charge in [0.25, 0.3) is 5.16 Å². The second-order valence-electron chi connectivity index (χ2n) is 7.72. The topological polar surface area (TPSA) is 110 Å². The number of nitrogens with one attached hydrogen (secondary N) is 1. The van der Waals surface area contributed by atoms with Crippen molar-refractivity contribution in [2.45, 2.75) is 44.3 Å². The van der Waals surface area contributed by atoms with Crippen LogP contribution in [0, 0.1) is 0 Å². The standard InChI is InChI=1S/C20H24N6O3S/c1-13(2)15-12-22-26-18(15)23-20(30(3,28)29)24-19(26)21-11-14-7-4-5-8-16(14)25-10-6-9-17(25)27/h4-5,7-8,12-13H,6,9-11H2,1-3H3,(H,21,23,24). The van der Waals surface area contributed by atoms with Gasteiger partial charge < -0.3 is 10.2 Å². The Balaban J connectivity index is 1.72. The molecule has 10 heteroatoms. The van der Waals surface area contributed by atoms with Gasteiger partial charge in [0, 0.05) is 37.0 Å². The number of hydrogen-bond donors (Lipinski definition) is 1. The number of carbonyl (C=O) groups is 1. The van der Waals surface area contributed by atoms with Crippen LogP contribution in [0.25, 0.3) is 5.65 Å². The van der Waals surface area contributed by atoms with Crippen molar-refractivity contribution in [1.82, 2.24) is 19.6 Å². The van der Waals surface area contributed by atoms with Crippen LogP contribution in [-0.2, 0) is 21.2 Å². The second kappa shape index (κ2) is 7.67. The van der Waals surface area contributed by atoms with E-state index >= 15 is 0 Å². The van der Waals surface area contributed by atoms with E-state index < -0.39 is 9.84 Å². The molecule has 0 spiro atoms. The molecule has 9 nitrogen and oxygen atoms in total. The van der Waals surface area contributed by atoms with Gasteiger partial charge in [-0.2, -0.15) is 19.6 Å².